The third-order valence-electron chi connectivity index (χ3n) is 1.71. The Kier molecular flexibility index (Phi) is 4.40. The third kappa shape index (κ3) is 3.41. The van der Waals surface area contributed by atoms with E-state index in [9.17, 15) is 0 Å². The summed E-state index contributed by atoms with van der Waals surface area (Å²) in [7, 11) is 2.12. The fourth-order valence-electron chi connectivity index (χ4n) is 1.10. The lowest BCUT2D eigenvalue weighted by molar-refractivity contribution is 0.327. The molecule has 0 aliphatic rings. The largest absolute Gasteiger partial charge is 0.472 e. The van der Waals surface area contributed by atoms with Crippen molar-refractivity contribution in [2.45, 2.75) is 13.0 Å². The zero-order chi connectivity index (χ0) is 8.81. The molecule has 2 nitrogen and oxygen atoms in total. The van der Waals surface area contributed by atoms with E-state index < -0.39 is 0 Å². The summed E-state index contributed by atoms with van der Waals surface area (Å²) >= 11 is 3.41. The molecule has 1 heterocycles. The first kappa shape index (κ1) is 9.81. The molecule has 1 aromatic heterocycles. The second kappa shape index (κ2) is 5.38. The van der Waals surface area contributed by atoms with Crippen molar-refractivity contribution < 1.29 is 4.42 Å². The molecule has 0 atom stereocenters. The van der Waals surface area contributed by atoms with Crippen LogP contribution in [0.15, 0.2) is 23.0 Å². The Morgan fingerprint density at radius 3 is 3.00 bits per heavy atom. The molecule has 0 aromatic carbocycles. The van der Waals surface area contributed by atoms with E-state index in [0.717, 1.165) is 18.4 Å². The molecule has 0 bridgehead atoms. The summed E-state index contributed by atoms with van der Waals surface area (Å²) in [5, 5.41) is 1.07. The van der Waals surface area contributed by atoms with Crippen LogP contribution in [0.2, 0.25) is 0 Å². The van der Waals surface area contributed by atoms with Gasteiger partial charge in [0.1, 0.15) is 0 Å². The summed E-state index contributed by atoms with van der Waals surface area (Å²) in [6.45, 7) is 2.10. The Morgan fingerprint density at radius 2 is 2.42 bits per heavy atom. The summed E-state index contributed by atoms with van der Waals surface area (Å²) < 4.78 is 4.98. The van der Waals surface area contributed by atoms with Crippen molar-refractivity contribution in [1.82, 2.24) is 4.90 Å². The maximum atomic E-state index is 4.98. The number of halogens is 1. The number of alkyl halides is 1. The molecular formula is C9H14BrNO. The van der Waals surface area contributed by atoms with E-state index in [-0.39, 0.29) is 0 Å². The Balaban J connectivity index is 2.22. The molecule has 0 spiro atoms. The van der Waals surface area contributed by atoms with E-state index in [4.69, 9.17) is 4.42 Å². The summed E-state index contributed by atoms with van der Waals surface area (Å²) in [5.74, 6) is 0. The highest BCUT2D eigenvalue weighted by molar-refractivity contribution is 9.09. The van der Waals surface area contributed by atoms with Crippen molar-refractivity contribution in [3.8, 4) is 0 Å². The molecule has 1 rings (SSSR count). The molecule has 12 heavy (non-hydrogen) atoms. The molecule has 68 valence electrons. The van der Waals surface area contributed by atoms with Gasteiger partial charge in [0.05, 0.1) is 12.5 Å². The molecule has 0 N–H and O–H groups in total. The summed E-state index contributed by atoms with van der Waals surface area (Å²) in [4.78, 5) is 2.28. The topological polar surface area (TPSA) is 16.4 Å². The van der Waals surface area contributed by atoms with Gasteiger partial charge in [-0.2, -0.15) is 0 Å². The highest BCUT2D eigenvalue weighted by Crippen LogP contribution is 2.04. The molecule has 0 aliphatic heterocycles. The standard InChI is InChI=1S/C9H14BrNO/c1-11(5-2-4-10)7-9-3-6-12-8-9/h3,6,8H,2,4-5,7H2,1H3. The van der Waals surface area contributed by atoms with E-state index in [2.05, 4.69) is 27.9 Å². The molecule has 0 unspecified atom stereocenters. The molecule has 3 heteroatoms. The van der Waals surface area contributed by atoms with E-state index >= 15 is 0 Å². The normalized spacial score (nSPS) is 10.9. The van der Waals surface area contributed by atoms with Gasteiger partial charge in [0.15, 0.2) is 0 Å². The number of rotatable bonds is 5. The zero-order valence-electron chi connectivity index (χ0n) is 7.29. The summed E-state index contributed by atoms with van der Waals surface area (Å²) in [6.07, 6.45) is 4.70. The number of furan rings is 1. The van der Waals surface area contributed by atoms with E-state index in [1.165, 1.54) is 12.0 Å². The van der Waals surface area contributed by atoms with Crippen molar-refractivity contribution >= 4 is 15.9 Å². The van der Waals surface area contributed by atoms with Gasteiger partial charge >= 0.3 is 0 Å². The lowest BCUT2D eigenvalue weighted by Crippen LogP contribution is -2.18. The Labute approximate surface area is 81.7 Å². The minimum absolute atomic E-state index is 0.976. The molecule has 0 fully saturated rings. The van der Waals surface area contributed by atoms with Crippen LogP contribution in [0.3, 0.4) is 0 Å². The van der Waals surface area contributed by atoms with Gasteiger partial charge in [-0.25, -0.2) is 0 Å². The van der Waals surface area contributed by atoms with Crippen molar-refractivity contribution in [3.63, 3.8) is 0 Å². The maximum Gasteiger partial charge on any atom is 0.0947 e. The molecule has 0 saturated carbocycles. The monoisotopic (exact) mass is 231 g/mol. The van der Waals surface area contributed by atoms with Crippen molar-refractivity contribution in [2.24, 2.45) is 0 Å². The van der Waals surface area contributed by atoms with Crippen molar-refractivity contribution in [1.29, 1.82) is 0 Å². The van der Waals surface area contributed by atoms with Crippen molar-refractivity contribution in [2.75, 3.05) is 18.9 Å². The first-order valence-corrected chi connectivity index (χ1v) is 5.20. The fraction of sp³-hybridized carbons (Fsp3) is 0.556. The van der Waals surface area contributed by atoms with E-state index in [0.29, 0.717) is 0 Å². The predicted molar refractivity (Wildman–Crippen MR) is 53.5 cm³/mol. The second-order valence-corrected chi connectivity index (χ2v) is 3.70. The van der Waals surface area contributed by atoms with Gasteiger partial charge < -0.3 is 9.32 Å². The zero-order valence-corrected chi connectivity index (χ0v) is 8.88. The van der Waals surface area contributed by atoms with E-state index in [1.807, 2.05) is 6.07 Å². The van der Waals surface area contributed by atoms with Crippen LogP contribution in [-0.4, -0.2) is 23.8 Å². The first-order chi connectivity index (χ1) is 5.83. The third-order valence-corrected chi connectivity index (χ3v) is 2.27. The molecule has 0 amide bonds. The SMILES string of the molecule is CN(CCCBr)Cc1ccoc1. The average molecular weight is 232 g/mol. The number of hydrogen-bond donors (Lipinski definition) is 0. The van der Waals surface area contributed by atoms with Gasteiger partial charge in [0, 0.05) is 17.4 Å². The molecular weight excluding hydrogens is 218 g/mol. The number of hydrogen-bond acceptors (Lipinski definition) is 2. The van der Waals surface area contributed by atoms with Crippen LogP contribution < -0.4 is 0 Å². The second-order valence-electron chi connectivity index (χ2n) is 2.91. The smallest absolute Gasteiger partial charge is 0.0947 e. The van der Waals surface area contributed by atoms with Crippen molar-refractivity contribution in [3.05, 3.63) is 24.2 Å². The lowest BCUT2D eigenvalue weighted by atomic mass is 10.3. The molecule has 1 aromatic rings. The Hall–Kier alpha value is -0.280. The van der Waals surface area contributed by atoms with Crippen LogP contribution in [0.5, 0.6) is 0 Å². The minimum atomic E-state index is 0.976. The highest BCUT2D eigenvalue weighted by atomic mass is 79.9. The highest BCUT2D eigenvalue weighted by Gasteiger charge is 1.99. The van der Waals surface area contributed by atoms with E-state index in [1.54, 1.807) is 12.5 Å². The quantitative estimate of drug-likeness (QED) is 0.725. The van der Waals surface area contributed by atoms with Crippen LogP contribution in [-0.2, 0) is 6.54 Å². The van der Waals surface area contributed by atoms with Gasteiger partial charge in [0.2, 0.25) is 0 Å². The Bertz CT molecular complexity index is 198. The van der Waals surface area contributed by atoms with Gasteiger partial charge in [-0.3, -0.25) is 0 Å². The minimum Gasteiger partial charge on any atom is -0.472 e. The van der Waals surface area contributed by atoms with Gasteiger partial charge in [-0.1, -0.05) is 15.9 Å². The first-order valence-electron chi connectivity index (χ1n) is 4.08. The average Bonchev–Trinajstić information content (AvgIpc) is 2.53. The van der Waals surface area contributed by atoms with Gasteiger partial charge in [0.25, 0.3) is 0 Å². The Morgan fingerprint density at radius 1 is 1.58 bits per heavy atom. The molecule has 0 radical (unpaired) electrons. The van der Waals surface area contributed by atoms with Gasteiger partial charge in [-0.15, -0.1) is 0 Å². The fourth-order valence-corrected chi connectivity index (χ4v) is 1.35. The summed E-state index contributed by atoms with van der Waals surface area (Å²) in [5.41, 5.74) is 1.24. The van der Waals surface area contributed by atoms with Crippen LogP contribution >= 0.6 is 15.9 Å². The predicted octanol–water partition coefficient (Wildman–Crippen LogP) is 2.50. The molecule has 0 aliphatic carbocycles. The van der Waals surface area contributed by atoms with Crippen LogP contribution in [0, 0.1) is 0 Å². The van der Waals surface area contributed by atoms with Crippen LogP contribution in [0.25, 0.3) is 0 Å². The van der Waals surface area contributed by atoms with Gasteiger partial charge in [-0.05, 0) is 26.1 Å². The van der Waals surface area contributed by atoms with Crippen LogP contribution in [0.1, 0.15) is 12.0 Å². The summed E-state index contributed by atoms with van der Waals surface area (Å²) in [6, 6.07) is 2.00. The maximum absolute atomic E-state index is 4.98. The lowest BCUT2D eigenvalue weighted by Gasteiger charge is -2.13. The number of nitrogens with zero attached hydrogens (tertiary/aromatic N) is 1. The molecule has 0 saturated heterocycles. The van der Waals surface area contributed by atoms with Crippen LogP contribution in [0.4, 0.5) is 0 Å².